The molecule has 0 bridgehead atoms. The van der Waals surface area contributed by atoms with Crippen molar-refractivity contribution in [3.8, 4) is 0 Å². The highest BCUT2D eigenvalue weighted by Crippen LogP contribution is 2.22. The highest BCUT2D eigenvalue weighted by Gasteiger charge is 2.10. The zero-order valence-electron chi connectivity index (χ0n) is 8.80. The Morgan fingerprint density at radius 2 is 2.14 bits per heavy atom. The molecule has 0 spiro atoms. The van der Waals surface area contributed by atoms with Crippen molar-refractivity contribution in [1.82, 2.24) is 10.3 Å². The third kappa shape index (κ3) is 1.85. The lowest BCUT2D eigenvalue weighted by atomic mass is 9.97. The molecule has 2 nitrogen and oxygen atoms in total. The molecule has 1 aliphatic heterocycles. The van der Waals surface area contributed by atoms with Crippen molar-refractivity contribution >= 4 is 5.57 Å². The summed E-state index contributed by atoms with van der Waals surface area (Å²) >= 11 is 0. The van der Waals surface area contributed by atoms with Gasteiger partial charge in [-0.3, -0.25) is 4.98 Å². The van der Waals surface area contributed by atoms with Gasteiger partial charge >= 0.3 is 0 Å². The second-order valence-electron chi connectivity index (χ2n) is 3.94. The van der Waals surface area contributed by atoms with Gasteiger partial charge in [0.25, 0.3) is 0 Å². The first-order valence-corrected chi connectivity index (χ1v) is 5.09. The summed E-state index contributed by atoms with van der Waals surface area (Å²) in [4.78, 5) is 4.23. The monoisotopic (exact) mass is 188 g/mol. The molecule has 0 saturated heterocycles. The lowest BCUT2D eigenvalue weighted by Crippen LogP contribution is -2.23. The maximum absolute atomic E-state index is 4.23. The second kappa shape index (κ2) is 3.93. The Balaban J connectivity index is 2.38. The number of pyridine rings is 1. The zero-order chi connectivity index (χ0) is 9.97. The van der Waals surface area contributed by atoms with E-state index < -0.39 is 0 Å². The van der Waals surface area contributed by atoms with Gasteiger partial charge in [-0.25, -0.2) is 0 Å². The van der Waals surface area contributed by atoms with Crippen LogP contribution in [0.5, 0.6) is 0 Å². The van der Waals surface area contributed by atoms with Crippen molar-refractivity contribution in [2.24, 2.45) is 0 Å². The molecule has 0 saturated carbocycles. The first kappa shape index (κ1) is 9.41. The summed E-state index contributed by atoms with van der Waals surface area (Å²) < 4.78 is 0. The van der Waals surface area contributed by atoms with E-state index in [4.69, 9.17) is 0 Å². The van der Waals surface area contributed by atoms with Crippen LogP contribution in [0.4, 0.5) is 0 Å². The van der Waals surface area contributed by atoms with Gasteiger partial charge in [-0.05, 0) is 49.6 Å². The molecule has 1 N–H and O–H groups in total. The number of hydrogen-bond acceptors (Lipinski definition) is 2. The summed E-state index contributed by atoms with van der Waals surface area (Å²) in [5.74, 6) is 0. The molecule has 0 fully saturated rings. The van der Waals surface area contributed by atoms with Crippen LogP contribution in [-0.4, -0.2) is 18.1 Å². The fourth-order valence-electron chi connectivity index (χ4n) is 1.86. The van der Waals surface area contributed by atoms with Crippen LogP contribution in [0.25, 0.3) is 5.57 Å². The van der Waals surface area contributed by atoms with Crippen LogP contribution >= 0.6 is 0 Å². The Morgan fingerprint density at radius 3 is 2.86 bits per heavy atom. The molecule has 1 aromatic heterocycles. The van der Waals surface area contributed by atoms with E-state index in [1.54, 1.807) is 0 Å². The predicted octanol–water partition coefficient (Wildman–Crippen LogP) is 2.16. The van der Waals surface area contributed by atoms with E-state index in [0.717, 1.165) is 19.5 Å². The first-order valence-electron chi connectivity index (χ1n) is 5.09. The largest absolute Gasteiger partial charge is 0.312 e. The minimum Gasteiger partial charge on any atom is -0.312 e. The smallest absolute Gasteiger partial charge is 0.0343 e. The summed E-state index contributed by atoms with van der Waals surface area (Å²) in [6.07, 6.45) is 5.01. The Bertz CT molecular complexity index is 366. The quantitative estimate of drug-likeness (QED) is 0.730. The Kier molecular flexibility index (Phi) is 2.64. The van der Waals surface area contributed by atoms with Gasteiger partial charge in [-0.15, -0.1) is 0 Å². The van der Waals surface area contributed by atoms with Crippen LogP contribution in [0.1, 0.15) is 24.5 Å². The number of aryl methyl sites for hydroxylation is 1. The fraction of sp³-hybridized carbons (Fsp3) is 0.417. The molecule has 1 aromatic rings. The molecule has 0 amide bonds. The average molecular weight is 188 g/mol. The summed E-state index contributed by atoms with van der Waals surface area (Å²) in [5.41, 5.74) is 5.42. The SMILES string of the molecule is CC1=C(c2cncc(C)c2)CNCC1. The van der Waals surface area contributed by atoms with Crippen LogP contribution in [0.15, 0.2) is 24.0 Å². The number of aromatic nitrogens is 1. The minimum atomic E-state index is 0.983. The third-order valence-corrected chi connectivity index (χ3v) is 2.72. The Hall–Kier alpha value is -1.15. The first-order chi connectivity index (χ1) is 6.77. The minimum absolute atomic E-state index is 0.983. The predicted molar refractivity (Wildman–Crippen MR) is 59.1 cm³/mol. The molecule has 74 valence electrons. The lowest BCUT2D eigenvalue weighted by Gasteiger charge is -2.19. The molecule has 1 aliphatic rings. The lowest BCUT2D eigenvalue weighted by molar-refractivity contribution is 0.715. The molecule has 0 unspecified atom stereocenters. The van der Waals surface area contributed by atoms with E-state index in [0.29, 0.717) is 0 Å². The van der Waals surface area contributed by atoms with E-state index in [-0.39, 0.29) is 0 Å². The second-order valence-corrected chi connectivity index (χ2v) is 3.94. The molecule has 0 aliphatic carbocycles. The normalized spacial score (nSPS) is 17.3. The Labute approximate surface area is 85.1 Å². The molecule has 2 heteroatoms. The average Bonchev–Trinajstić information content (AvgIpc) is 2.18. The highest BCUT2D eigenvalue weighted by atomic mass is 14.9. The van der Waals surface area contributed by atoms with Crippen molar-refractivity contribution in [3.63, 3.8) is 0 Å². The summed E-state index contributed by atoms with van der Waals surface area (Å²) in [6.45, 7) is 6.40. The van der Waals surface area contributed by atoms with Crippen molar-refractivity contribution in [3.05, 3.63) is 35.2 Å². The topological polar surface area (TPSA) is 24.9 Å². The number of nitrogens with zero attached hydrogens (tertiary/aromatic N) is 1. The van der Waals surface area contributed by atoms with Crippen molar-refractivity contribution in [1.29, 1.82) is 0 Å². The van der Waals surface area contributed by atoms with Crippen LogP contribution in [0.2, 0.25) is 0 Å². The standard InChI is InChI=1S/C12H16N2/c1-9-5-11(7-14-6-9)12-8-13-4-3-10(12)2/h5-7,13H,3-4,8H2,1-2H3. The highest BCUT2D eigenvalue weighted by molar-refractivity contribution is 5.70. The number of hydrogen-bond donors (Lipinski definition) is 1. The number of rotatable bonds is 1. The maximum Gasteiger partial charge on any atom is 0.0343 e. The van der Waals surface area contributed by atoms with E-state index in [2.05, 4.69) is 30.2 Å². The van der Waals surface area contributed by atoms with Gasteiger partial charge in [-0.1, -0.05) is 5.57 Å². The molecule has 0 aromatic carbocycles. The summed E-state index contributed by atoms with van der Waals surface area (Å²) in [5, 5.41) is 3.40. The van der Waals surface area contributed by atoms with Gasteiger partial charge in [0.15, 0.2) is 0 Å². The fourth-order valence-corrected chi connectivity index (χ4v) is 1.86. The van der Waals surface area contributed by atoms with Crippen molar-refractivity contribution < 1.29 is 0 Å². The van der Waals surface area contributed by atoms with E-state index >= 15 is 0 Å². The van der Waals surface area contributed by atoms with Crippen LogP contribution in [0.3, 0.4) is 0 Å². The van der Waals surface area contributed by atoms with Crippen molar-refractivity contribution in [2.75, 3.05) is 13.1 Å². The molecule has 0 atom stereocenters. The molecular formula is C12H16N2. The van der Waals surface area contributed by atoms with Gasteiger partial charge in [-0.2, -0.15) is 0 Å². The van der Waals surface area contributed by atoms with Crippen LogP contribution in [0, 0.1) is 6.92 Å². The van der Waals surface area contributed by atoms with Crippen LogP contribution < -0.4 is 5.32 Å². The summed E-state index contributed by atoms with van der Waals surface area (Å²) in [6, 6.07) is 2.21. The molecule has 2 rings (SSSR count). The van der Waals surface area contributed by atoms with Crippen molar-refractivity contribution in [2.45, 2.75) is 20.3 Å². The Morgan fingerprint density at radius 1 is 1.29 bits per heavy atom. The van der Waals surface area contributed by atoms with Gasteiger partial charge in [0, 0.05) is 18.9 Å². The molecule has 0 radical (unpaired) electrons. The van der Waals surface area contributed by atoms with E-state index in [9.17, 15) is 0 Å². The van der Waals surface area contributed by atoms with E-state index in [1.165, 1.54) is 22.3 Å². The van der Waals surface area contributed by atoms with Gasteiger partial charge in [0.1, 0.15) is 0 Å². The van der Waals surface area contributed by atoms with Gasteiger partial charge < -0.3 is 5.32 Å². The van der Waals surface area contributed by atoms with Gasteiger partial charge in [0.2, 0.25) is 0 Å². The molecule has 14 heavy (non-hydrogen) atoms. The van der Waals surface area contributed by atoms with Gasteiger partial charge in [0.05, 0.1) is 0 Å². The number of nitrogens with one attached hydrogen (secondary N) is 1. The van der Waals surface area contributed by atoms with E-state index in [1.807, 2.05) is 12.4 Å². The summed E-state index contributed by atoms with van der Waals surface area (Å²) in [7, 11) is 0. The van der Waals surface area contributed by atoms with Crippen LogP contribution in [-0.2, 0) is 0 Å². The third-order valence-electron chi connectivity index (χ3n) is 2.72. The molecular weight excluding hydrogens is 172 g/mol. The molecule has 2 heterocycles. The zero-order valence-corrected chi connectivity index (χ0v) is 8.80. The maximum atomic E-state index is 4.23.